The number of hydrogen-bond acceptors (Lipinski definition) is 4. The normalized spacial score (nSPS) is 12.3. The zero-order valence-corrected chi connectivity index (χ0v) is 9.24. The van der Waals surface area contributed by atoms with Gasteiger partial charge in [-0.3, -0.25) is 4.68 Å². The zero-order valence-electron chi connectivity index (χ0n) is 8.43. The van der Waals surface area contributed by atoms with Gasteiger partial charge < -0.3 is 5.73 Å². The fourth-order valence-corrected chi connectivity index (χ4v) is 2.29. The predicted molar refractivity (Wildman–Crippen MR) is 53.1 cm³/mol. The van der Waals surface area contributed by atoms with Crippen LogP contribution in [0.4, 0.5) is 5.82 Å². The van der Waals surface area contributed by atoms with E-state index < -0.39 is 10.0 Å². The fraction of sp³-hybridized carbons (Fsp3) is 0.571. The first-order valence-corrected chi connectivity index (χ1v) is 5.59. The molecule has 0 amide bonds. The van der Waals surface area contributed by atoms with Gasteiger partial charge in [0.05, 0.1) is 0 Å². The molecule has 1 aromatic rings. The van der Waals surface area contributed by atoms with Crippen LogP contribution in [0.5, 0.6) is 0 Å². The monoisotopic (exact) mass is 218 g/mol. The highest BCUT2D eigenvalue weighted by molar-refractivity contribution is 7.89. The molecule has 0 spiro atoms. The van der Waals surface area contributed by atoms with Gasteiger partial charge in [-0.1, -0.05) is 6.92 Å². The minimum Gasteiger partial charge on any atom is -0.381 e. The predicted octanol–water partition coefficient (Wildman–Crippen LogP) is -0.357. The molecule has 0 aliphatic rings. The molecule has 2 N–H and O–H groups in total. The number of aryl methyl sites for hydroxylation is 1. The highest BCUT2D eigenvalue weighted by atomic mass is 32.2. The van der Waals surface area contributed by atoms with Crippen molar-refractivity contribution < 1.29 is 8.42 Å². The van der Waals surface area contributed by atoms with Gasteiger partial charge in [-0.15, -0.1) is 0 Å². The molecule has 0 fully saturated rings. The van der Waals surface area contributed by atoms with Crippen molar-refractivity contribution in [2.24, 2.45) is 7.05 Å². The van der Waals surface area contributed by atoms with Crippen LogP contribution >= 0.6 is 0 Å². The third kappa shape index (κ3) is 1.73. The van der Waals surface area contributed by atoms with Gasteiger partial charge in [0.2, 0.25) is 10.0 Å². The molecule has 0 aromatic carbocycles. The summed E-state index contributed by atoms with van der Waals surface area (Å²) < 4.78 is 26.2. The summed E-state index contributed by atoms with van der Waals surface area (Å²) in [4.78, 5) is 0.0596. The number of hydrogen-bond donors (Lipinski definition) is 1. The SMILES string of the molecule is CCN(C)S(=O)(=O)c1cn(C)nc1N. The summed E-state index contributed by atoms with van der Waals surface area (Å²) in [6, 6.07) is 0. The second kappa shape index (κ2) is 3.58. The van der Waals surface area contributed by atoms with Crippen molar-refractivity contribution in [3.8, 4) is 0 Å². The molecule has 14 heavy (non-hydrogen) atoms. The maximum atomic E-state index is 11.8. The summed E-state index contributed by atoms with van der Waals surface area (Å²) >= 11 is 0. The molecular formula is C7H14N4O2S. The molecule has 0 saturated carbocycles. The van der Waals surface area contributed by atoms with Gasteiger partial charge in [0, 0.05) is 26.8 Å². The lowest BCUT2D eigenvalue weighted by molar-refractivity contribution is 0.486. The van der Waals surface area contributed by atoms with E-state index in [0.29, 0.717) is 6.54 Å². The van der Waals surface area contributed by atoms with Crippen LogP contribution in [0.1, 0.15) is 6.92 Å². The molecule has 6 nitrogen and oxygen atoms in total. The van der Waals surface area contributed by atoms with E-state index in [4.69, 9.17) is 5.73 Å². The minimum atomic E-state index is -3.47. The topological polar surface area (TPSA) is 81.2 Å². The molecule has 0 aliphatic carbocycles. The maximum Gasteiger partial charge on any atom is 0.248 e. The van der Waals surface area contributed by atoms with Gasteiger partial charge in [-0.2, -0.15) is 5.10 Å². The van der Waals surface area contributed by atoms with Crippen LogP contribution in [-0.4, -0.2) is 36.1 Å². The van der Waals surface area contributed by atoms with Gasteiger partial charge >= 0.3 is 0 Å². The zero-order chi connectivity index (χ0) is 10.9. The molecular weight excluding hydrogens is 204 g/mol. The standard InChI is InChI=1S/C7H14N4O2S/c1-4-11(3)14(12,13)6-5-10(2)9-7(6)8/h5H,4H2,1-3H3,(H2,8,9). The number of sulfonamides is 1. The Kier molecular flexibility index (Phi) is 2.81. The molecule has 0 atom stereocenters. The molecule has 1 rings (SSSR count). The first-order chi connectivity index (χ1) is 6.39. The Bertz CT molecular complexity index is 423. The van der Waals surface area contributed by atoms with Gasteiger partial charge in [0.25, 0.3) is 0 Å². The lowest BCUT2D eigenvalue weighted by Gasteiger charge is -2.13. The summed E-state index contributed by atoms with van der Waals surface area (Å²) in [6.07, 6.45) is 1.40. The molecule has 0 aliphatic heterocycles. The molecule has 0 saturated heterocycles. The van der Waals surface area contributed by atoms with Crippen molar-refractivity contribution in [1.29, 1.82) is 0 Å². The molecule has 0 unspecified atom stereocenters. The van der Waals surface area contributed by atoms with Crippen LogP contribution in [0.15, 0.2) is 11.1 Å². The van der Waals surface area contributed by atoms with Crippen molar-refractivity contribution in [2.45, 2.75) is 11.8 Å². The minimum absolute atomic E-state index is 0.0350. The lowest BCUT2D eigenvalue weighted by atomic mass is 10.7. The molecule has 0 radical (unpaired) electrons. The van der Waals surface area contributed by atoms with Gasteiger partial charge in [-0.25, -0.2) is 12.7 Å². The van der Waals surface area contributed by atoms with E-state index in [9.17, 15) is 8.42 Å². The first kappa shape index (κ1) is 11.0. The summed E-state index contributed by atoms with van der Waals surface area (Å²) in [5.41, 5.74) is 5.48. The van der Waals surface area contributed by atoms with E-state index in [1.165, 1.54) is 22.2 Å². The van der Waals surface area contributed by atoms with Crippen molar-refractivity contribution in [2.75, 3.05) is 19.3 Å². The first-order valence-electron chi connectivity index (χ1n) is 4.15. The van der Waals surface area contributed by atoms with Crippen molar-refractivity contribution >= 4 is 15.8 Å². The maximum absolute atomic E-state index is 11.8. The average Bonchev–Trinajstić information content (AvgIpc) is 2.44. The van der Waals surface area contributed by atoms with Crippen LogP contribution in [0.2, 0.25) is 0 Å². The van der Waals surface area contributed by atoms with Gasteiger partial charge in [0.15, 0.2) is 5.82 Å². The quantitative estimate of drug-likeness (QED) is 0.751. The Morgan fingerprint density at radius 3 is 2.57 bits per heavy atom. The van der Waals surface area contributed by atoms with Crippen LogP contribution in [0, 0.1) is 0 Å². The Labute approximate surface area is 83.4 Å². The Morgan fingerprint density at radius 2 is 2.21 bits per heavy atom. The Hall–Kier alpha value is -1.08. The van der Waals surface area contributed by atoms with Crippen molar-refractivity contribution in [1.82, 2.24) is 14.1 Å². The van der Waals surface area contributed by atoms with Crippen molar-refractivity contribution in [3.63, 3.8) is 0 Å². The summed E-state index contributed by atoms with van der Waals surface area (Å²) in [5, 5.41) is 3.78. The number of rotatable bonds is 3. The Balaban J connectivity index is 3.23. The lowest BCUT2D eigenvalue weighted by Crippen LogP contribution is -2.26. The van der Waals surface area contributed by atoms with E-state index in [1.54, 1.807) is 14.0 Å². The van der Waals surface area contributed by atoms with Crippen molar-refractivity contribution in [3.05, 3.63) is 6.20 Å². The number of anilines is 1. The average molecular weight is 218 g/mol. The van der Waals surface area contributed by atoms with Crippen LogP contribution < -0.4 is 5.73 Å². The van der Waals surface area contributed by atoms with E-state index in [0.717, 1.165) is 0 Å². The summed E-state index contributed by atoms with van der Waals surface area (Å²) in [6.45, 7) is 2.15. The highest BCUT2D eigenvalue weighted by Crippen LogP contribution is 2.18. The van der Waals surface area contributed by atoms with Gasteiger partial charge in [-0.05, 0) is 0 Å². The number of aromatic nitrogens is 2. The van der Waals surface area contributed by atoms with Crippen LogP contribution in [0.25, 0.3) is 0 Å². The smallest absolute Gasteiger partial charge is 0.248 e. The second-order valence-corrected chi connectivity index (χ2v) is 4.98. The van der Waals surface area contributed by atoms with E-state index in [1.807, 2.05) is 0 Å². The van der Waals surface area contributed by atoms with E-state index in [-0.39, 0.29) is 10.7 Å². The number of nitrogens with zero attached hydrogens (tertiary/aromatic N) is 3. The highest BCUT2D eigenvalue weighted by Gasteiger charge is 2.24. The van der Waals surface area contributed by atoms with Crippen LogP contribution in [0.3, 0.4) is 0 Å². The van der Waals surface area contributed by atoms with E-state index >= 15 is 0 Å². The summed E-state index contributed by atoms with van der Waals surface area (Å²) in [5.74, 6) is 0.0350. The third-order valence-corrected chi connectivity index (χ3v) is 3.90. The van der Waals surface area contributed by atoms with E-state index in [2.05, 4.69) is 5.10 Å². The number of nitrogen functional groups attached to an aromatic ring is 1. The molecule has 1 heterocycles. The largest absolute Gasteiger partial charge is 0.381 e. The molecule has 80 valence electrons. The fourth-order valence-electron chi connectivity index (χ4n) is 1.02. The molecule has 1 aromatic heterocycles. The van der Waals surface area contributed by atoms with Crippen LogP contribution in [-0.2, 0) is 17.1 Å². The Morgan fingerprint density at radius 1 is 1.64 bits per heavy atom. The third-order valence-electron chi connectivity index (χ3n) is 1.96. The van der Waals surface area contributed by atoms with Gasteiger partial charge in [0.1, 0.15) is 4.90 Å². The second-order valence-electron chi connectivity index (χ2n) is 2.97. The molecule has 7 heteroatoms. The molecule has 0 bridgehead atoms. The number of nitrogens with two attached hydrogens (primary N) is 1. The summed E-state index contributed by atoms with van der Waals surface area (Å²) in [7, 11) is -0.346.